The molecule has 1 heterocycles. The average molecular weight is 312 g/mol. The minimum absolute atomic E-state index is 0.0118. The van der Waals surface area contributed by atoms with Crippen LogP contribution >= 0.6 is 11.3 Å². The van der Waals surface area contributed by atoms with Gasteiger partial charge in [-0.05, 0) is 58.6 Å². The zero-order valence-electron chi connectivity index (χ0n) is 11.7. The predicted octanol–water partition coefficient (Wildman–Crippen LogP) is 4.27. The van der Waals surface area contributed by atoms with Crippen LogP contribution in [0, 0.1) is 6.92 Å². The summed E-state index contributed by atoms with van der Waals surface area (Å²) in [5.74, 6) is -2.25. The Morgan fingerprint density at radius 2 is 1.77 bits per heavy atom. The highest BCUT2D eigenvalue weighted by Crippen LogP contribution is 2.32. The van der Waals surface area contributed by atoms with Gasteiger partial charge in [0.2, 0.25) is 0 Å². The van der Waals surface area contributed by atoms with Crippen molar-refractivity contribution in [2.24, 2.45) is 0 Å². The molecule has 5 heteroatoms. The third-order valence-electron chi connectivity index (χ3n) is 3.67. The Kier molecular flexibility index (Phi) is 3.42. The largest absolute Gasteiger partial charge is 0.478 e. The van der Waals surface area contributed by atoms with E-state index in [0.29, 0.717) is 5.56 Å². The molecule has 0 aliphatic carbocycles. The minimum Gasteiger partial charge on any atom is -0.478 e. The van der Waals surface area contributed by atoms with Gasteiger partial charge in [-0.1, -0.05) is 12.1 Å². The molecule has 0 aliphatic heterocycles. The Morgan fingerprint density at radius 1 is 1.00 bits per heavy atom. The normalized spacial score (nSPS) is 10.8. The number of benzene rings is 2. The van der Waals surface area contributed by atoms with Crippen LogP contribution in [0.15, 0.2) is 41.8 Å². The minimum atomic E-state index is -1.13. The summed E-state index contributed by atoms with van der Waals surface area (Å²) in [5, 5.41) is 21.7. The van der Waals surface area contributed by atoms with E-state index in [4.69, 9.17) is 5.11 Å². The van der Waals surface area contributed by atoms with Crippen LogP contribution in [-0.4, -0.2) is 22.2 Å². The van der Waals surface area contributed by atoms with Crippen LogP contribution in [0.4, 0.5) is 0 Å². The number of carboxylic acids is 2. The summed E-state index contributed by atoms with van der Waals surface area (Å²) in [7, 11) is 0. The molecule has 0 saturated heterocycles. The van der Waals surface area contributed by atoms with E-state index in [-0.39, 0.29) is 16.7 Å². The number of hydrogen-bond acceptors (Lipinski definition) is 3. The Hall–Kier alpha value is -2.66. The molecule has 0 bridgehead atoms. The van der Waals surface area contributed by atoms with Crippen LogP contribution in [0.2, 0.25) is 0 Å². The molecule has 0 saturated carbocycles. The van der Waals surface area contributed by atoms with Crippen molar-refractivity contribution in [3.05, 3.63) is 58.5 Å². The maximum absolute atomic E-state index is 11.6. The third kappa shape index (κ3) is 2.25. The van der Waals surface area contributed by atoms with Gasteiger partial charge >= 0.3 is 11.9 Å². The lowest BCUT2D eigenvalue weighted by molar-refractivity contribution is 0.0696. The highest BCUT2D eigenvalue weighted by Gasteiger charge is 2.20. The summed E-state index contributed by atoms with van der Waals surface area (Å²) in [6.07, 6.45) is 0. The second-order valence-corrected chi connectivity index (χ2v) is 5.89. The SMILES string of the molecule is Cc1c(C(=O)O)ccc(-c2ccc3sccc3c2)c1C(=O)O. The van der Waals surface area contributed by atoms with Gasteiger partial charge in [0.1, 0.15) is 0 Å². The summed E-state index contributed by atoms with van der Waals surface area (Å²) >= 11 is 1.62. The summed E-state index contributed by atoms with van der Waals surface area (Å²) in [5.41, 5.74) is 1.61. The van der Waals surface area contributed by atoms with Crippen LogP contribution in [0.25, 0.3) is 21.2 Å². The molecule has 0 radical (unpaired) electrons. The van der Waals surface area contributed by atoms with E-state index in [1.807, 2.05) is 29.6 Å². The van der Waals surface area contributed by atoms with Gasteiger partial charge in [-0.25, -0.2) is 9.59 Å². The molecule has 0 aliphatic rings. The standard InChI is InChI=1S/C17H12O4S/c1-9-12(16(18)19)3-4-13(15(9)17(20)21)10-2-5-14-11(8-10)6-7-22-14/h2-8H,1H3,(H,18,19)(H,20,21). The van der Waals surface area contributed by atoms with E-state index in [1.165, 1.54) is 13.0 Å². The van der Waals surface area contributed by atoms with Crippen molar-refractivity contribution in [3.63, 3.8) is 0 Å². The first-order valence-electron chi connectivity index (χ1n) is 6.57. The number of carbonyl (C=O) groups is 2. The van der Waals surface area contributed by atoms with E-state index in [0.717, 1.165) is 15.6 Å². The van der Waals surface area contributed by atoms with Crippen LogP contribution < -0.4 is 0 Å². The van der Waals surface area contributed by atoms with Crippen molar-refractivity contribution in [1.82, 2.24) is 0 Å². The molecule has 0 amide bonds. The summed E-state index contributed by atoms with van der Waals surface area (Å²) in [6, 6.07) is 10.7. The van der Waals surface area contributed by atoms with Gasteiger partial charge in [-0.15, -0.1) is 11.3 Å². The van der Waals surface area contributed by atoms with Crippen LogP contribution in [-0.2, 0) is 0 Å². The molecular weight excluding hydrogens is 300 g/mol. The molecule has 0 fully saturated rings. The summed E-state index contributed by atoms with van der Waals surface area (Å²) < 4.78 is 1.12. The zero-order valence-corrected chi connectivity index (χ0v) is 12.5. The van der Waals surface area contributed by atoms with Crippen molar-refractivity contribution in [2.75, 3.05) is 0 Å². The molecule has 2 aromatic carbocycles. The van der Waals surface area contributed by atoms with Crippen molar-refractivity contribution in [3.8, 4) is 11.1 Å². The van der Waals surface area contributed by atoms with E-state index < -0.39 is 11.9 Å². The van der Waals surface area contributed by atoms with E-state index >= 15 is 0 Å². The average Bonchev–Trinajstić information content (AvgIpc) is 2.93. The second-order valence-electron chi connectivity index (χ2n) is 4.94. The van der Waals surface area contributed by atoms with E-state index in [9.17, 15) is 14.7 Å². The van der Waals surface area contributed by atoms with Gasteiger partial charge in [0, 0.05) is 4.70 Å². The number of rotatable bonds is 3. The predicted molar refractivity (Wildman–Crippen MR) is 85.9 cm³/mol. The Bertz CT molecular complexity index is 908. The molecule has 1 aromatic heterocycles. The van der Waals surface area contributed by atoms with E-state index in [1.54, 1.807) is 17.4 Å². The molecule has 22 heavy (non-hydrogen) atoms. The van der Waals surface area contributed by atoms with Crippen molar-refractivity contribution in [2.45, 2.75) is 6.92 Å². The Labute approximate surface area is 130 Å². The van der Waals surface area contributed by atoms with Crippen molar-refractivity contribution < 1.29 is 19.8 Å². The molecule has 0 spiro atoms. The lowest BCUT2D eigenvalue weighted by atomic mass is 9.92. The number of carboxylic acid groups (broad SMARTS) is 2. The van der Waals surface area contributed by atoms with Crippen LogP contribution in [0.1, 0.15) is 26.3 Å². The maximum Gasteiger partial charge on any atom is 0.336 e. The summed E-state index contributed by atoms with van der Waals surface area (Å²) in [4.78, 5) is 22.8. The van der Waals surface area contributed by atoms with Gasteiger partial charge < -0.3 is 10.2 Å². The van der Waals surface area contributed by atoms with Gasteiger partial charge in [-0.3, -0.25) is 0 Å². The first-order chi connectivity index (χ1) is 10.5. The Morgan fingerprint density at radius 3 is 2.45 bits per heavy atom. The molecule has 4 nitrogen and oxygen atoms in total. The number of hydrogen-bond donors (Lipinski definition) is 2. The van der Waals surface area contributed by atoms with Gasteiger partial charge in [0.05, 0.1) is 11.1 Å². The molecule has 0 atom stereocenters. The van der Waals surface area contributed by atoms with Crippen LogP contribution in [0.3, 0.4) is 0 Å². The molecule has 110 valence electrons. The number of thiophene rings is 1. The van der Waals surface area contributed by atoms with Gasteiger partial charge in [0.15, 0.2) is 0 Å². The first kappa shape index (κ1) is 14.3. The van der Waals surface area contributed by atoms with Gasteiger partial charge in [-0.2, -0.15) is 0 Å². The fraction of sp³-hybridized carbons (Fsp3) is 0.0588. The van der Waals surface area contributed by atoms with Crippen molar-refractivity contribution in [1.29, 1.82) is 0 Å². The van der Waals surface area contributed by atoms with E-state index in [2.05, 4.69) is 0 Å². The highest BCUT2D eigenvalue weighted by molar-refractivity contribution is 7.17. The monoisotopic (exact) mass is 312 g/mol. The topological polar surface area (TPSA) is 74.6 Å². The smallest absolute Gasteiger partial charge is 0.336 e. The second kappa shape index (κ2) is 5.27. The lowest BCUT2D eigenvalue weighted by Gasteiger charge is -2.12. The zero-order chi connectivity index (χ0) is 15.9. The fourth-order valence-electron chi connectivity index (χ4n) is 2.59. The number of aromatic carboxylic acids is 2. The maximum atomic E-state index is 11.6. The van der Waals surface area contributed by atoms with Crippen molar-refractivity contribution >= 4 is 33.4 Å². The first-order valence-corrected chi connectivity index (χ1v) is 7.45. The highest BCUT2D eigenvalue weighted by atomic mass is 32.1. The summed E-state index contributed by atoms with van der Waals surface area (Å²) in [6.45, 7) is 1.53. The Balaban J connectivity index is 2.27. The van der Waals surface area contributed by atoms with Gasteiger partial charge in [0.25, 0.3) is 0 Å². The molecule has 0 unspecified atom stereocenters. The quantitative estimate of drug-likeness (QED) is 0.757. The lowest BCUT2D eigenvalue weighted by Crippen LogP contribution is -2.09. The third-order valence-corrected chi connectivity index (χ3v) is 4.57. The van der Waals surface area contributed by atoms with Crippen LogP contribution in [0.5, 0.6) is 0 Å². The fourth-order valence-corrected chi connectivity index (χ4v) is 3.36. The molecule has 3 aromatic rings. The molecular formula is C17H12O4S. The molecule has 2 N–H and O–H groups in total. The number of fused-ring (bicyclic) bond motifs is 1. The molecule has 3 rings (SSSR count).